The Bertz CT molecular complexity index is 1450. The van der Waals surface area contributed by atoms with E-state index in [0.717, 1.165) is 6.07 Å². The number of rotatable bonds is 6. The highest BCUT2D eigenvalue weighted by molar-refractivity contribution is 7.86. The predicted molar refractivity (Wildman–Crippen MR) is 120 cm³/mol. The molecule has 166 valence electrons. The van der Waals surface area contributed by atoms with Gasteiger partial charge in [0.15, 0.2) is 5.78 Å². The molecule has 0 saturated heterocycles. The first kappa shape index (κ1) is 23.2. The van der Waals surface area contributed by atoms with Crippen LogP contribution >= 0.6 is 0 Å². The zero-order valence-corrected chi connectivity index (χ0v) is 18.0. The Morgan fingerprint density at radius 2 is 1.34 bits per heavy atom. The molecule has 0 spiro atoms. The number of nitrogens with two attached hydrogens (primary N) is 2. The summed E-state index contributed by atoms with van der Waals surface area (Å²) in [6.07, 6.45) is 2.38. The number of hydrogen-bond acceptors (Lipinski definition) is 7. The van der Waals surface area contributed by atoms with Gasteiger partial charge in [0.25, 0.3) is 20.2 Å². The molecule has 3 aromatic rings. The largest absolute Gasteiger partial charge is 0.397 e. The van der Waals surface area contributed by atoms with Crippen molar-refractivity contribution in [3.05, 3.63) is 82.9 Å². The van der Waals surface area contributed by atoms with Crippen LogP contribution in [0.5, 0.6) is 0 Å². The van der Waals surface area contributed by atoms with Crippen molar-refractivity contribution in [2.24, 2.45) is 0 Å². The van der Waals surface area contributed by atoms with E-state index in [2.05, 4.69) is 0 Å². The monoisotopic (exact) mass is 474 g/mol. The van der Waals surface area contributed by atoms with Crippen LogP contribution in [0.4, 0.5) is 11.4 Å². The van der Waals surface area contributed by atoms with Crippen LogP contribution in [0.15, 0.2) is 70.5 Å². The summed E-state index contributed by atoms with van der Waals surface area (Å²) in [4.78, 5) is 11.4. The van der Waals surface area contributed by atoms with E-state index in [4.69, 9.17) is 11.5 Å². The highest BCUT2D eigenvalue weighted by Crippen LogP contribution is 2.30. The number of nitrogen functional groups attached to an aromatic ring is 2. The molecule has 0 atom stereocenters. The summed E-state index contributed by atoms with van der Waals surface area (Å²) in [6.45, 7) is 0. The first-order chi connectivity index (χ1) is 14.9. The number of hydrogen-bond donors (Lipinski definition) is 4. The average molecular weight is 475 g/mol. The van der Waals surface area contributed by atoms with Crippen molar-refractivity contribution in [2.45, 2.75) is 9.79 Å². The van der Waals surface area contributed by atoms with E-state index < -0.39 is 35.8 Å². The maximum atomic E-state index is 12.6. The minimum Gasteiger partial charge on any atom is -0.397 e. The molecular formula is C21H18N2O7S2. The van der Waals surface area contributed by atoms with Crippen LogP contribution < -0.4 is 11.5 Å². The number of carbonyl (C=O) groups is 1. The van der Waals surface area contributed by atoms with Gasteiger partial charge in [-0.25, -0.2) is 0 Å². The molecule has 3 rings (SSSR count). The molecule has 3 aromatic carbocycles. The van der Waals surface area contributed by atoms with E-state index in [1.807, 2.05) is 0 Å². The second kappa shape index (κ2) is 8.55. The zero-order chi connectivity index (χ0) is 23.7. The molecule has 0 saturated carbocycles. The van der Waals surface area contributed by atoms with Crippen molar-refractivity contribution in [2.75, 3.05) is 11.5 Å². The maximum absolute atomic E-state index is 12.6. The van der Waals surface area contributed by atoms with Gasteiger partial charge in [0.1, 0.15) is 9.79 Å². The van der Waals surface area contributed by atoms with Crippen LogP contribution in [0, 0.1) is 0 Å². The first-order valence-electron chi connectivity index (χ1n) is 8.94. The molecule has 0 aliphatic rings. The lowest BCUT2D eigenvalue weighted by molar-refractivity contribution is 0.103. The SMILES string of the molecule is Nc1ccc(C=Cc2ccc(C(=O)c3ccccc3)cc2S(=O)(=O)O)c(S(=O)(=O)O)c1N. The molecule has 0 unspecified atom stereocenters. The highest BCUT2D eigenvalue weighted by Gasteiger charge is 2.21. The van der Waals surface area contributed by atoms with Crippen LogP contribution in [0.25, 0.3) is 12.2 Å². The average Bonchev–Trinajstić information content (AvgIpc) is 2.73. The van der Waals surface area contributed by atoms with E-state index >= 15 is 0 Å². The fourth-order valence-electron chi connectivity index (χ4n) is 3.02. The van der Waals surface area contributed by atoms with Gasteiger partial charge in [0.2, 0.25) is 0 Å². The van der Waals surface area contributed by atoms with Crippen molar-refractivity contribution in [3.8, 4) is 0 Å². The van der Waals surface area contributed by atoms with Gasteiger partial charge >= 0.3 is 0 Å². The van der Waals surface area contributed by atoms with Gasteiger partial charge in [-0.15, -0.1) is 0 Å². The van der Waals surface area contributed by atoms with Gasteiger partial charge in [-0.3, -0.25) is 13.9 Å². The Balaban J connectivity index is 2.11. The fraction of sp³-hybridized carbons (Fsp3) is 0. The molecule has 0 aromatic heterocycles. The minimum atomic E-state index is -4.75. The first-order valence-corrected chi connectivity index (χ1v) is 11.8. The number of ketones is 1. The van der Waals surface area contributed by atoms with Gasteiger partial charge in [-0.05, 0) is 23.3 Å². The van der Waals surface area contributed by atoms with E-state index in [1.54, 1.807) is 30.3 Å². The Morgan fingerprint density at radius 1 is 0.750 bits per heavy atom. The molecule has 9 nitrogen and oxygen atoms in total. The third-order valence-electron chi connectivity index (χ3n) is 4.55. The zero-order valence-electron chi connectivity index (χ0n) is 16.3. The van der Waals surface area contributed by atoms with Crippen LogP contribution in [0.3, 0.4) is 0 Å². The number of anilines is 2. The highest BCUT2D eigenvalue weighted by atomic mass is 32.2. The lowest BCUT2D eigenvalue weighted by atomic mass is 10.0. The van der Waals surface area contributed by atoms with Crippen LogP contribution in [-0.2, 0) is 20.2 Å². The Hall–Kier alpha value is -3.51. The summed E-state index contributed by atoms with van der Waals surface area (Å²) in [5, 5.41) is 0. The minimum absolute atomic E-state index is 0.0244. The lowest BCUT2D eigenvalue weighted by Gasteiger charge is -2.10. The molecule has 0 aliphatic heterocycles. The van der Waals surface area contributed by atoms with E-state index in [0.29, 0.717) is 5.56 Å². The third-order valence-corrected chi connectivity index (χ3v) is 6.43. The van der Waals surface area contributed by atoms with E-state index in [-0.39, 0.29) is 28.1 Å². The van der Waals surface area contributed by atoms with Crippen molar-refractivity contribution < 1.29 is 30.7 Å². The van der Waals surface area contributed by atoms with Crippen molar-refractivity contribution >= 4 is 49.5 Å². The molecule has 0 fully saturated rings. The van der Waals surface area contributed by atoms with Crippen molar-refractivity contribution in [1.82, 2.24) is 0 Å². The summed E-state index contributed by atoms with van der Waals surface area (Å²) in [5.74, 6) is -0.453. The van der Waals surface area contributed by atoms with E-state index in [1.165, 1.54) is 36.4 Å². The topological polar surface area (TPSA) is 178 Å². The molecule has 11 heteroatoms. The van der Waals surface area contributed by atoms with Crippen LogP contribution in [-0.4, -0.2) is 31.7 Å². The third kappa shape index (κ3) is 4.86. The van der Waals surface area contributed by atoms with Gasteiger partial charge in [0, 0.05) is 11.1 Å². The molecule has 6 N–H and O–H groups in total. The molecular weight excluding hydrogens is 456 g/mol. The number of carbonyl (C=O) groups excluding carboxylic acids is 1. The fourth-order valence-corrected chi connectivity index (χ4v) is 4.56. The van der Waals surface area contributed by atoms with Crippen LogP contribution in [0.2, 0.25) is 0 Å². The molecule has 0 aliphatic carbocycles. The van der Waals surface area contributed by atoms with Gasteiger partial charge in [0.05, 0.1) is 11.4 Å². The molecule has 32 heavy (non-hydrogen) atoms. The lowest BCUT2D eigenvalue weighted by Crippen LogP contribution is -2.08. The summed E-state index contributed by atoms with van der Waals surface area (Å²) < 4.78 is 66.5. The molecule has 0 heterocycles. The van der Waals surface area contributed by atoms with Gasteiger partial charge in [-0.1, -0.05) is 60.7 Å². The van der Waals surface area contributed by atoms with Crippen LogP contribution in [0.1, 0.15) is 27.0 Å². The molecule has 0 amide bonds. The predicted octanol–water partition coefficient (Wildman–Crippen LogP) is 2.75. The van der Waals surface area contributed by atoms with E-state index in [9.17, 15) is 30.7 Å². The van der Waals surface area contributed by atoms with Crippen molar-refractivity contribution in [1.29, 1.82) is 0 Å². The van der Waals surface area contributed by atoms with Gasteiger partial charge < -0.3 is 11.5 Å². The molecule has 0 bridgehead atoms. The second-order valence-electron chi connectivity index (χ2n) is 6.72. The number of benzene rings is 3. The Labute approximate surface area is 184 Å². The quantitative estimate of drug-likeness (QED) is 0.181. The summed E-state index contributed by atoms with van der Waals surface area (Å²) in [5.41, 5.74) is 11.1. The second-order valence-corrected chi connectivity index (χ2v) is 9.47. The van der Waals surface area contributed by atoms with Crippen molar-refractivity contribution in [3.63, 3.8) is 0 Å². The maximum Gasteiger partial charge on any atom is 0.297 e. The normalized spacial score (nSPS) is 12.2. The smallest absolute Gasteiger partial charge is 0.297 e. The summed E-state index contributed by atoms with van der Waals surface area (Å²) in [6, 6.07) is 14.4. The standard InChI is InChI=1S/C21H18N2O7S2/c22-17-11-10-15(21(19(17)23)32(28,29)30)8-6-13-7-9-16(12-18(13)31(25,26)27)20(24)14-4-2-1-3-5-14/h1-12H,22-23H2,(H,25,26,27)(H,28,29,30). The Kier molecular flexibility index (Phi) is 6.19. The van der Waals surface area contributed by atoms with Gasteiger partial charge in [-0.2, -0.15) is 16.8 Å². The Morgan fingerprint density at radius 3 is 1.94 bits per heavy atom. The summed E-state index contributed by atoms with van der Waals surface area (Å²) >= 11 is 0. The molecule has 0 radical (unpaired) electrons. The summed E-state index contributed by atoms with van der Waals surface area (Å²) in [7, 11) is -9.49.